The zero-order chi connectivity index (χ0) is 13.1. The van der Waals surface area contributed by atoms with Crippen molar-refractivity contribution in [1.82, 2.24) is 5.32 Å². The van der Waals surface area contributed by atoms with Crippen LogP contribution in [-0.4, -0.2) is 6.04 Å². The Morgan fingerprint density at radius 2 is 1.78 bits per heavy atom. The van der Waals surface area contributed by atoms with Crippen LogP contribution in [-0.2, 0) is 0 Å². The van der Waals surface area contributed by atoms with E-state index in [1.54, 1.807) is 0 Å². The maximum absolute atomic E-state index is 3.79. The number of nitrogens with one attached hydrogen (secondary N) is 1. The van der Waals surface area contributed by atoms with E-state index < -0.39 is 0 Å². The van der Waals surface area contributed by atoms with Crippen molar-refractivity contribution >= 4 is 15.9 Å². The van der Waals surface area contributed by atoms with Crippen LogP contribution in [0.4, 0.5) is 0 Å². The molecule has 1 nitrogen and oxygen atoms in total. The number of halogens is 1. The van der Waals surface area contributed by atoms with E-state index in [-0.39, 0.29) is 0 Å². The first kappa shape index (κ1) is 14.1. The normalized spacial score (nSPS) is 30.1. The molecule has 0 aliphatic heterocycles. The van der Waals surface area contributed by atoms with Gasteiger partial charge in [-0.1, -0.05) is 41.9 Å². The van der Waals surface area contributed by atoms with E-state index in [0.717, 1.165) is 16.3 Å². The average molecular weight is 310 g/mol. The maximum Gasteiger partial charge on any atom is 0.0294 e. The summed E-state index contributed by atoms with van der Waals surface area (Å²) < 4.78 is 1.15. The van der Waals surface area contributed by atoms with Crippen molar-refractivity contribution in [3.63, 3.8) is 0 Å². The van der Waals surface area contributed by atoms with Gasteiger partial charge in [-0.3, -0.25) is 0 Å². The molecular formula is C16H24BrN. The summed E-state index contributed by atoms with van der Waals surface area (Å²) in [6.45, 7) is 7.05. The van der Waals surface area contributed by atoms with E-state index in [0.29, 0.717) is 12.1 Å². The average Bonchev–Trinajstić information content (AvgIpc) is 2.34. The molecule has 4 atom stereocenters. The molecule has 0 heterocycles. The first-order valence-electron chi connectivity index (χ1n) is 7.07. The van der Waals surface area contributed by atoms with Gasteiger partial charge in [-0.25, -0.2) is 0 Å². The van der Waals surface area contributed by atoms with E-state index in [9.17, 15) is 0 Å². The van der Waals surface area contributed by atoms with E-state index in [2.05, 4.69) is 66.3 Å². The maximum atomic E-state index is 3.79. The fourth-order valence-electron chi connectivity index (χ4n) is 2.90. The van der Waals surface area contributed by atoms with Gasteiger partial charge in [0.05, 0.1) is 0 Å². The number of benzene rings is 1. The second kappa shape index (κ2) is 6.21. The Kier molecular flexibility index (Phi) is 4.85. The quantitative estimate of drug-likeness (QED) is 0.835. The van der Waals surface area contributed by atoms with Gasteiger partial charge in [0.2, 0.25) is 0 Å². The minimum absolute atomic E-state index is 0.448. The third-order valence-electron chi connectivity index (χ3n) is 4.45. The van der Waals surface area contributed by atoms with Gasteiger partial charge in [0, 0.05) is 16.6 Å². The van der Waals surface area contributed by atoms with Crippen LogP contribution < -0.4 is 5.32 Å². The topological polar surface area (TPSA) is 12.0 Å². The van der Waals surface area contributed by atoms with Crippen LogP contribution in [0.5, 0.6) is 0 Å². The monoisotopic (exact) mass is 309 g/mol. The minimum atomic E-state index is 0.448. The molecule has 0 radical (unpaired) electrons. The Bertz CT molecular complexity index is 373. The molecule has 1 fully saturated rings. The van der Waals surface area contributed by atoms with Crippen LogP contribution in [0.25, 0.3) is 0 Å². The Labute approximate surface area is 119 Å². The van der Waals surface area contributed by atoms with Gasteiger partial charge in [-0.05, 0) is 55.7 Å². The summed E-state index contributed by atoms with van der Waals surface area (Å²) >= 11 is 3.49. The molecule has 1 aromatic carbocycles. The molecule has 100 valence electrons. The summed E-state index contributed by atoms with van der Waals surface area (Å²) in [5.41, 5.74) is 1.38. The molecule has 1 N–H and O–H groups in total. The zero-order valence-electron chi connectivity index (χ0n) is 11.6. The predicted molar refractivity (Wildman–Crippen MR) is 81.7 cm³/mol. The highest BCUT2D eigenvalue weighted by atomic mass is 79.9. The minimum Gasteiger partial charge on any atom is -0.307 e. The van der Waals surface area contributed by atoms with Gasteiger partial charge in [-0.15, -0.1) is 0 Å². The molecule has 0 aromatic heterocycles. The van der Waals surface area contributed by atoms with Crippen LogP contribution >= 0.6 is 15.9 Å². The lowest BCUT2D eigenvalue weighted by atomic mass is 9.79. The Hall–Kier alpha value is -0.340. The van der Waals surface area contributed by atoms with Crippen molar-refractivity contribution in [2.75, 3.05) is 0 Å². The van der Waals surface area contributed by atoms with Crippen molar-refractivity contribution in [2.45, 2.75) is 52.1 Å². The second-order valence-corrected chi connectivity index (χ2v) is 6.82. The summed E-state index contributed by atoms with van der Waals surface area (Å²) in [5.74, 6) is 1.75. The molecule has 3 unspecified atom stereocenters. The van der Waals surface area contributed by atoms with Gasteiger partial charge in [0.1, 0.15) is 0 Å². The fraction of sp³-hybridized carbons (Fsp3) is 0.625. The van der Waals surface area contributed by atoms with Crippen molar-refractivity contribution in [1.29, 1.82) is 0 Å². The third kappa shape index (κ3) is 3.58. The largest absolute Gasteiger partial charge is 0.307 e. The van der Waals surface area contributed by atoms with E-state index in [1.165, 1.54) is 24.8 Å². The van der Waals surface area contributed by atoms with Gasteiger partial charge in [0.15, 0.2) is 0 Å². The Balaban J connectivity index is 1.91. The first-order valence-corrected chi connectivity index (χ1v) is 7.87. The SMILES string of the molecule is CC1CCC(N[C@H](C)c2ccc(Br)cc2)CC1C. The standard InChI is InChI=1S/C16H24BrN/c1-11-4-9-16(10-12(11)2)18-13(3)14-5-7-15(17)8-6-14/h5-8,11-13,16,18H,4,9-10H2,1-3H3/t11?,12?,13-,16?/m1/s1. The molecule has 1 saturated carbocycles. The smallest absolute Gasteiger partial charge is 0.0294 e. The van der Waals surface area contributed by atoms with Crippen LogP contribution in [0.1, 0.15) is 51.6 Å². The lowest BCUT2D eigenvalue weighted by molar-refractivity contribution is 0.217. The second-order valence-electron chi connectivity index (χ2n) is 5.90. The van der Waals surface area contributed by atoms with Crippen molar-refractivity contribution < 1.29 is 0 Å². The van der Waals surface area contributed by atoms with Gasteiger partial charge >= 0.3 is 0 Å². The summed E-state index contributed by atoms with van der Waals surface area (Å²) in [6.07, 6.45) is 4.01. The van der Waals surface area contributed by atoms with E-state index >= 15 is 0 Å². The molecule has 1 aliphatic rings. The highest BCUT2D eigenvalue weighted by molar-refractivity contribution is 9.10. The first-order chi connectivity index (χ1) is 8.56. The van der Waals surface area contributed by atoms with Crippen LogP contribution in [0.15, 0.2) is 28.7 Å². The van der Waals surface area contributed by atoms with Crippen LogP contribution in [0, 0.1) is 11.8 Å². The number of hydrogen-bond donors (Lipinski definition) is 1. The molecule has 2 rings (SSSR count). The number of hydrogen-bond acceptors (Lipinski definition) is 1. The predicted octanol–water partition coefficient (Wildman–Crippen LogP) is 4.92. The lowest BCUT2D eigenvalue weighted by Gasteiger charge is -2.34. The van der Waals surface area contributed by atoms with E-state index in [4.69, 9.17) is 0 Å². The molecule has 1 aromatic rings. The Morgan fingerprint density at radius 3 is 2.39 bits per heavy atom. The van der Waals surface area contributed by atoms with Crippen molar-refractivity contribution in [3.05, 3.63) is 34.3 Å². The summed E-state index contributed by atoms with van der Waals surface area (Å²) in [5, 5.41) is 3.79. The molecular weight excluding hydrogens is 286 g/mol. The molecule has 1 aliphatic carbocycles. The van der Waals surface area contributed by atoms with Gasteiger partial charge < -0.3 is 5.32 Å². The zero-order valence-corrected chi connectivity index (χ0v) is 13.2. The summed E-state index contributed by atoms with van der Waals surface area (Å²) in [6, 6.07) is 9.80. The molecule has 0 spiro atoms. The molecule has 0 bridgehead atoms. The summed E-state index contributed by atoms with van der Waals surface area (Å²) in [7, 11) is 0. The molecule has 2 heteroatoms. The van der Waals surface area contributed by atoms with Gasteiger partial charge in [0.25, 0.3) is 0 Å². The van der Waals surface area contributed by atoms with Crippen molar-refractivity contribution in [2.24, 2.45) is 11.8 Å². The molecule has 0 amide bonds. The highest BCUT2D eigenvalue weighted by Crippen LogP contribution is 2.30. The van der Waals surface area contributed by atoms with E-state index in [1.807, 2.05) is 0 Å². The highest BCUT2D eigenvalue weighted by Gasteiger charge is 2.25. The Morgan fingerprint density at radius 1 is 1.11 bits per heavy atom. The van der Waals surface area contributed by atoms with Crippen molar-refractivity contribution in [3.8, 4) is 0 Å². The van der Waals surface area contributed by atoms with Gasteiger partial charge in [-0.2, -0.15) is 0 Å². The third-order valence-corrected chi connectivity index (χ3v) is 4.98. The molecule has 0 saturated heterocycles. The fourth-order valence-corrected chi connectivity index (χ4v) is 3.16. The lowest BCUT2D eigenvalue weighted by Crippen LogP contribution is -2.37. The number of rotatable bonds is 3. The van der Waals surface area contributed by atoms with Crippen LogP contribution in [0.2, 0.25) is 0 Å². The molecule has 18 heavy (non-hydrogen) atoms. The van der Waals surface area contributed by atoms with Crippen LogP contribution in [0.3, 0.4) is 0 Å². The summed E-state index contributed by atoms with van der Waals surface area (Å²) in [4.78, 5) is 0.